The molecule has 0 amide bonds. The molecule has 1 aromatic carbocycles. The molecule has 0 saturated carbocycles. The molecule has 1 aliphatic heterocycles. The number of hydrogen-bond donors (Lipinski definition) is 0. The van der Waals surface area contributed by atoms with Gasteiger partial charge >= 0.3 is 0 Å². The highest BCUT2D eigenvalue weighted by Gasteiger charge is 2.39. The fourth-order valence-corrected chi connectivity index (χ4v) is 4.72. The Bertz CT molecular complexity index is 341. The lowest BCUT2D eigenvalue weighted by Gasteiger charge is -2.41. The summed E-state index contributed by atoms with van der Waals surface area (Å²) in [6, 6.07) is 10.7. The molecule has 2 heteroatoms. The largest absolute Gasteiger partial charge is 0.374 e. The lowest BCUT2D eigenvalue weighted by Crippen LogP contribution is -2.45. The van der Waals surface area contributed by atoms with Crippen molar-refractivity contribution >= 4 is 8.80 Å². The summed E-state index contributed by atoms with van der Waals surface area (Å²) >= 11 is 0. The molecule has 1 fully saturated rings. The maximum Gasteiger partial charge on any atom is 0.101 e. The molecule has 1 heterocycles. The van der Waals surface area contributed by atoms with Gasteiger partial charge in [0.05, 0.1) is 5.22 Å². The van der Waals surface area contributed by atoms with E-state index in [2.05, 4.69) is 49.2 Å². The highest BCUT2D eigenvalue weighted by molar-refractivity contribution is 6.65. The molecule has 16 heavy (non-hydrogen) atoms. The van der Waals surface area contributed by atoms with Crippen molar-refractivity contribution in [3.63, 3.8) is 0 Å². The van der Waals surface area contributed by atoms with E-state index < -0.39 is 8.80 Å². The molecular weight excluding hydrogens is 212 g/mol. The zero-order valence-corrected chi connectivity index (χ0v) is 11.1. The van der Waals surface area contributed by atoms with Gasteiger partial charge in [0.25, 0.3) is 0 Å². The van der Waals surface area contributed by atoms with Crippen LogP contribution >= 0.6 is 0 Å². The van der Waals surface area contributed by atoms with Crippen LogP contribution in [-0.2, 0) is 9.96 Å². The van der Waals surface area contributed by atoms with E-state index in [1.165, 1.54) is 18.4 Å². The maximum atomic E-state index is 6.19. The summed E-state index contributed by atoms with van der Waals surface area (Å²) in [6.07, 6.45) is 3.64. The van der Waals surface area contributed by atoms with Crippen molar-refractivity contribution in [2.24, 2.45) is 0 Å². The highest BCUT2D eigenvalue weighted by atomic mass is 28.3. The molecule has 0 aromatic heterocycles. The molecule has 1 aliphatic rings. The minimum absolute atomic E-state index is 0.00125. The lowest BCUT2D eigenvalue weighted by molar-refractivity contribution is -0.0257. The van der Waals surface area contributed by atoms with Crippen molar-refractivity contribution in [2.45, 2.75) is 31.0 Å². The van der Waals surface area contributed by atoms with Gasteiger partial charge < -0.3 is 4.74 Å². The van der Waals surface area contributed by atoms with Gasteiger partial charge in [-0.15, -0.1) is 12.3 Å². The number of benzene rings is 1. The first-order valence-electron chi connectivity index (χ1n) is 6.11. The first-order valence-corrected chi connectivity index (χ1v) is 8.51. The Morgan fingerprint density at radius 2 is 2.06 bits per heavy atom. The zero-order valence-electron chi connectivity index (χ0n) is 9.99. The van der Waals surface area contributed by atoms with E-state index in [9.17, 15) is 0 Å². The Balaban J connectivity index is 2.37. The average molecular weight is 232 g/mol. The highest BCUT2D eigenvalue weighted by Crippen LogP contribution is 2.37. The average Bonchev–Trinajstić information content (AvgIpc) is 2.39. The summed E-state index contributed by atoms with van der Waals surface area (Å²) < 4.78 is 6.19. The Hall–Kier alpha value is -0.863. The minimum atomic E-state index is -1.08. The molecule has 1 nitrogen and oxygen atoms in total. The Morgan fingerprint density at radius 3 is 2.62 bits per heavy atom. The van der Waals surface area contributed by atoms with Crippen LogP contribution in [0.3, 0.4) is 0 Å². The van der Waals surface area contributed by atoms with Gasteiger partial charge in [-0.25, -0.2) is 0 Å². The van der Waals surface area contributed by atoms with Crippen LogP contribution in [0.5, 0.6) is 0 Å². The van der Waals surface area contributed by atoms with Crippen LogP contribution < -0.4 is 0 Å². The van der Waals surface area contributed by atoms with Crippen LogP contribution in [0.2, 0.25) is 6.55 Å². The quantitative estimate of drug-likeness (QED) is 0.727. The molecule has 1 aromatic rings. The first kappa shape index (κ1) is 11.6. The van der Waals surface area contributed by atoms with E-state index in [0.717, 1.165) is 13.0 Å². The summed E-state index contributed by atoms with van der Waals surface area (Å²) in [7, 11) is -1.08. The van der Waals surface area contributed by atoms with Crippen LogP contribution in [0.1, 0.15) is 24.8 Å². The van der Waals surface area contributed by atoms with E-state index in [1.807, 2.05) is 0 Å². The van der Waals surface area contributed by atoms with Gasteiger partial charge in [-0.3, -0.25) is 0 Å². The molecule has 0 radical (unpaired) electrons. The van der Waals surface area contributed by atoms with Crippen LogP contribution in [0.25, 0.3) is 0 Å². The molecule has 2 rings (SSSR count). The molecule has 2 atom stereocenters. The zero-order chi connectivity index (χ0) is 11.4. The van der Waals surface area contributed by atoms with E-state index in [1.54, 1.807) is 0 Å². The Kier molecular flexibility index (Phi) is 3.61. The number of rotatable bonds is 3. The number of hydrogen-bond acceptors (Lipinski definition) is 1. The van der Waals surface area contributed by atoms with Gasteiger partial charge in [-0.1, -0.05) is 36.9 Å². The monoisotopic (exact) mass is 232 g/mol. The molecule has 0 spiro atoms. The molecule has 0 N–H and O–H groups in total. The van der Waals surface area contributed by atoms with Gasteiger partial charge in [-0.2, -0.15) is 0 Å². The van der Waals surface area contributed by atoms with Gasteiger partial charge in [0.1, 0.15) is 8.80 Å². The first-order chi connectivity index (χ1) is 7.79. The van der Waals surface area contributed by atoms with Crippen molar-refractivity contribution in [1.82, 2.24) is 0 Å². The number of ether oxygens (including phenoxy) is 1. The Morgan fingerprint density at radius 1 is 1.31 bits per heavy atom. The third-order valence-corrected chi connectivity index (χ3v) is 6.62. The van der Waals surface area contributed by atoms with E-state index in [0.29, 0.717) is 0 Å². The van der Waals surface area contributed by atoms with Crippen LogP contribution in [0, 0.1) is 0 Å². The fourth-order valence-electron chi connectivity index (χ4n) is 2.58. The molecule has 1 saturated heterocycles. The van der Waals surface area contributed by atoms with Crippen LogP contribution in [0.15, 0.2) is 42.6 Å². The summed E-state index contributed by atoms with van der Waals surface area (Å²) in [6.45, 7) is 7.23. The predicted molar refractivity (Wildman–Crippen MR) is 71.1 cm³/mol. The van der Waals surface area contributed by atoms with Crippen molar-refractivity contribution in [2.75, 3.05) is 6.61 Å². The van der Waals surface area contributed by atoms with Gasteiger partial charge in [0.15, 0.2) is 0 Å². The second kappa shape index (κ2) is 4.98. The van der Waals surface area contributed by atoms with E-state index in [-0.39, 0.29) is 5.22 Å². The molecule has 0 aliphatic carbocycles. The molecule has 86 valence electrons. The summed E-state index contributed by atoms with van der Waals surface area (Å²) in [5, 5.41) is 0.00125. The van der Waals surface area contributed by atoms with Gasteiger partial charge in [0, 0.05) is 6.61 Å². The second-order valence-corrected chi connectivity index (χ2v) is 7.57. The van der Waals surface area contributed by atoms with Gasteiger partial charge in [-0.05, 0) is 24.8 Å². The second-order valence-electron chi connectivity index (χ2n) is 4.59. The molecular formula is C14H20OSi. The summed E-state index contributed by atoms with van der Waals surface area (Å²) in [5.41, 5.74) is 3.51. The van der Waals surface area contributed by atoms with E-state index >= 15 is 0 Å². The normalized spacial score (nSPS) is 27.3. The lowest BCUT2D eigenvalue weighted by atomic mass is 10.0. The molecule has 0 bridgehead atoms. The van der Waals surface area contributed by atoms with Gasteiger partial charge in [0.2, 0.25) is 0 Å². The van der Waals surface area contributed by atoms with Crippen molar-refractivity contribution in [1.29, 1.82) is 0 Å². The Labute approximate surface area is 99.7 Å². The van der Waals surface area contributed by atoms with Crippen LogP contribution in [-0.4, -0.2) is 15.4 Å². The van der Waals surface area contributed by atoms with Crippen molar-refractivity contribution in [3.05, 3.63) is 48.2 Å². The third-order valence-electron chi connectivity index (χ3n) is 3.65. The topological polar surface area (TPSA) is 9.23 Å². The molecule has 2 unspecified atom stereocenters. The third kappa shape index (κ3) is 2.00. The van der Waals surface area contributed by atoms with Crippen molar-refractivity contribution < 1.29 is 4.74 Å². The standard InChI is InChI=1S/C14H20OSi/c1-3-16(2)14(11-7-8-12-15-14)13-9-5-4-6-10-13/h3-6,9-10,16H,1,7-8,11-12H2,2H3. The maximum absolute atomic E-state index is 6.19. The predicted octanol–water partition coefficient (Wildman–Crippen LogP) is 3.20. The van der Waals surface area contributed by atoms with Crippen LogP contribution in [0.4, 0.5) is 0 Å². The summed E-state index contributed by atoms with van der Waals surface area (Å²) in [4.78, 5) is 0. The van der Waals surface area contributed by atoms with E-state index in [4.69, 9.17) is 4.74 Å². The summed E-state index contributed by atoms with van der Waals surface area (Å²) in [5.74, 6) is 0. The fraction of sp³-hybridized carbons (Fsp3) is 0.429. The smallest absolute Gasteiger partial charge is 0.101 e. The van der Waals surface area contributed by atoms with Crippen molar-refractivity contribution in [3.8, 4) is 0 Å². The minimum Gasteiger partial charge on any atom is -0.374 e. The SMILES string of the molecule is C=C[SiH](C)C1(c2ccccc2)CCCCO1.